The summed E-state index contributed by atoms with van der Waals surface area (Å²) < 4.78 is 3.54. The van der Waals surface area contributed by atoms with Gasteiger partial charge in [-0.25, -0.2) is 4.79 Å². The maximum atomic E-state index is 13.1. The molecule has 2 N–H and O–H groups in total. The van der Waals surface area contributed by atoms with Crippen molar-refractivity contribution >= 4 is 23.4 Å². The van der Waals surface area contributed by atoms with Crippen LogP contribution in [-0.2, 0) is 6.54 Å². The van der Waals surface area contributed by atoms with Crippen molar-refractivity contribution in [3.63, 3.8) is 0 Å². The number of allylic oxidation sites excluding steroid dienone is 3. The van der Waals surface area contributed by atoms with Gasteiger partial charge in [-0.15, -0.1) is 12.4 Å². The van der Waals surface area contributed by atoms with Crippen LogP contribution in [0.4, 0.5) is 0 Å². The largest absolute Gasteiger partial charge is 0.389 e. The predicted octanol–water partition coefficient (Wildman–Crippen LogP) is 2.64. The molecule has 0 radical (unpaired) electrons. The molecular formula is C19H26ClN3O2. The molecule has 136 valence electrons. The van der Waals surface area contributed by atoms with Crippen LogP contribution in [0.5, 0.6) is 0 Å². The summed E-state index contributed by atoms with van der Waals surface area (Å²) in [7, 11) is 1.81. The monoisotopic (exact) mass is 363 g/mol. The molecule has 25 heavy (non-hydrogen) atoms. The Hall–Kier alpha value is -1.82. The number of nitrogens with zero attached hydrogens (tertiary/aromatic N) is 2. The van der Waals surface area contributed by atoms with Crippen LogP contribution in [-0.4, -0.2) is 33.9 Å². The molecule has 1 aromatic heterocycles. The number of benzene rings is 1. The van der Waals surface area contributed by atoms with Crippen LogP contribution in [0.3, 0.4) is 0 Å². The van der Waals surface area contributed by atoms with Gasteiger partial charge in [0.1, 0.15) is 0 Å². The van der Waals surface area contributed by atoms with E-state index in [2.05, 4.69) is 11.4 Å². The Morgan fingerprint density at radius 3 is 2.60 bits per heavy atom. The molecule has 2 atom stereocenters. The zero-order chi connectivity index (χ0) is 17.1. The molecule has 6 heteroatoms. The lowest BCUT2D eigenvalue weighted by Crippen LogP contribution is -2.39. The van der Waals surface area contributed by atoms with E-state index in [1.807, 2.05) is 50.4 Å². The maximum Gasteiger partial charge on any atom is 0.329 e. The second-order valence-electron chi connectivity index (χ2n) is 6.16. The minimum atomic E-state index is -0.665. The molecule has 0 spiro atoms. The van der Waals surface area contributed by atoms with Crippen molar-refractivity contribution in [3.8, 4) is 0 Å². The number of aliphatic hydroxyl groups excluding tert-OH is 1. The minimum Gasteiger partial charge on any atom is -0.389 e. The summed E-state index contributed by atoms with van der Waals surface area (Å²) in [5, 5.41) is 13.8. The number of para-hydroxylation sites is 2. The van der Waals surface area contributed by atoms with Gasteiger partial charge in [-0.2, -0.15) is 0 Å². The van der Waals surface area contributed by atoms with Gasteiger partial charge >= 0.3 is 5.69 Å². The molecule has 1 aromatic carbocycles. The summed E-state index contributed by atoms with van der Waals surface area (Å²) >= 11 is 0. The van der Waals surface area contributed by atoms with E-state index in [1.54, 1.807) is 9.13 Å². The van der Waals surface area contributed by atoms with Gasteiger partial charge < -0.3 is 10.4 Å². The second kappa shape index (κ2) is 8.52. The van der Waals surface area contributed by atoms with E-state index in [1.165, 1.54) is 0 Å². The highest BCUT2D eigenvalue weighted by atomic mass is 35.5. The third-order valence-electron chi connectivity index (χ3n) is 4.67. The van der Waals surface area contributed by atoms with Gasteiger partial charge in [0.25, 0.3) is 0 Å². The topological polar surface area (TPSA) is 59.2 Å². The van der Waals surface area contributed by atoms with Crippen molar-refractivity contribution in [3.05, 3.63) is 58.6 Å². The van der Waals surface area contributed by atoms with Crippen LogP contribution in [0, 0.1) is 0 Å². The summed E-state index contributed by atoms with van der Waals surface area (Å²) in [6.07, 6.45) is 7.31. The number of aromatic nitrogens is 2. The molecule has 1 aliphatic rings. The summed E-state index contributed by atoms with van der Waals surface area (Å²) in [6.45, 7) is 3.02. The smallest absolute Gasteiger partial charge is 0.329 e. The van der Waals surface area contributed by atoms with E-state index >= 15 is 0 Å². The first-order valence-corrected chi connectivity index (χ1v) is 8.57. The fraction of sp³-hybridized carbons (Fsp3) is 0.421. The molecule has 3 rings (SSSR count). The number of aryl methyl sites for hydroxylation is 1. The number of aliphatic hydroxyl groups is 1. The molecular weight excluding hydrogens is 338 g/mol. The molecule has 1 unspecified atom stereocenters. The summed E-state index contributed by atoms with van der Waals surface area (Å²) in [4.78, 5) is 13.1. The predicted molar refractivity (Wildman–Crippen MR) is 105 cm³/mol. The van der Waals surface area contributed by atoms with Gasteiger partial charge in [0, 0.05) is 13.1 Å². The van der Waals surface area contributed by atoms with E-state index in [0.29, 0.717) is 13.1 Å². The summed E-state index contributed by atoms with van der Waals surface area (Å²) in [5.74, 6) is 0. The molecule has 1 aliphatic carbocycles. The van der Waals surface area contributed by atoms with Crippen LogP contribution >= 0.6 is 12.4 Å². The van der Waals surface area contributed by atoms with Crippen molar-refractivity contribution in [2.45, 2.75) is 38.5 Å². The first-order chi connectivity index (χ1) is 11.7. The van der Waals surface area contributed by atoms with E-state index in [0.717, 1.165) is 29.4 Å². The number of imidazole rings is 1. The molecule has 0 saturated heterocycles. The van der Waals surface area contributed by atoms with Crippen molar-refractivity contribution in [1.82, 2.24) is 14.5 Å². The number of nitrogens with one attached hydrogen (secondary N) is 1. The van der Waals surface area contributed by atoms with Gasteiger partial charge in [-0.1, -0.05) is 30.4 Å². The highest BCUT2D eigenvalue weighted by Crippen LogP contribution is 2.30. The van der Waals surface area contributed by atoms with Crippen LogP contribution in [0.15, 0.2) is 52.9 Å². The van der Waals surface area contributed by atoms with Crippen molar-refractivity contribution in [2.75, 3.05) is 13.6 Å². The average molecular weight is 364 g/mol. The lowest BCUT2D eigenvalue weighted by molar-refractivity contribution is 0.127. The maximum absolute atomic E-state index is 13.1. The van der Waals surface area contributed by atoms with E-state index in [4.69, 9.17) is 0 Å². The molecule has 5 nitrogen and oxygen atoms in total. The number of rotatable bonds is 6. The standard InChI is InChI=1S/C19H25N3O2.ClH/c1-3-21-15-11-7-8-12-16(15)22(19(21)24)18(17(23)13-20-2)14-9-5-4-6-10-14;/h4-5,7-9,11-12,17-18,20,23H,3,6,10,13H2,1-2H3;1H/t17?,18-;/m0./s1. The van der Waals surface area contributed by atoms with E-state index in [9.17, 15) is 9.90 Å². The molecule has 0 aliphatic heterocycles. The van der Waals surface area contributed by atoms with Crippen LogP contribution in [0.1, 0.15) is 25.8 Å². The van der Waals surface area contributed by atoms with Gasteiger partial charge in [0.2, 0.25) is 0 Å². The Bertz CT molecular complexity index is 835. The Morgan fingerprint density at radius 1 is 1.28 bits per heavy atom. The highest BCUT2D eigenvalue weighted by molar-refractivity contribution is 5.85. The van der Waals surface area contributed by atoms with Gasteiger partial charge in [0.05, 0.1) is 23.2 Å². The number of fused-ring (bicyclic) bond motifs is 1. The van der Waals surface area contributed by atoms with Gasteiger partial charge in [-0.05, 0) is 44.5 Å². The van der Waals surface area contributed by atoms with Gasteiger partial charge in [-0.3, -0.25) is 9.13 Å². The minimum absolute atomic E-state index is 0. The van der Waals surface area contributed by atoms with E-state index in [-0.39, 0.29) is 24.1 Å². The van der Waals surface area contributed by atoms with Gasteiger partial charge in [0.15, 0.2) is 0 Å². The third-order valence-corrected chi connectivity index (χ3v) is 4.67. The summed E-state index contributed by atoms with van der Waals surface area (Å²) in [6, 6.07) is 7.45. The molecule has 0 fully saturated rings. The number of hydrogen-bond donors (Lipinski definition) is 2. The highest BCUT2D eigenvalue weighted by Gasteiger charge is 2.29. The zero-order valence-corrected chi connectivity index (χ0v) is 15.5. The average Bonchev–Trinajstić information content (AvgIpc) is 2.88. The fourth-order valence-electron chi connectivity index (χ4n) is 3.58. The van der Waals surface area contributed by atoms with Crippen molar-refractivity contribution in [2.24, 2.45) is 0 Å². The summed E-state index contributed by atoms with van der Waals surface area (Å²) in [5.41, 5.74) is 2.83. The fourth-order valence-corrected chi connectivity index (χ4v) is 3.58. The Balaban J connectivity index is 0.00000225. The normalized spacial score (nSPS) is 16.4. The zero-order valence-electron chi connectivity index (χ0n) is 14.7. The van der Waals surface area contributed by atoms with Crippen LogP contribution in [0.25, 0.3) is 11.0 Å². The quantitative estimate of drug-likeness (QED) is 0.829. The lowest BCUT2D eigenvalue weighted by Gasteiger charge is -2.28. The third kappa shape index (κ3) is 3.59. The number of hydrogen-bond acceptors (Lipinski definition) is 3. The number of halogens is 1. The molecule has 0 amide bonds. The SMILES string of the molecule is CCn1c(=O)n([C@@H](C2=CC=CCC2)C(O)CNC)c2ccccc21.Cl. The first-order valence-electron chi connectivity index (χ1n) is 8.57. The first kappa shape index (κ1) is 19.5. The van der Waals surface area contributed by atoms with E-state index < -0.39 is 6.10 Å². The molecule has 0 bridgehead atoms. The second-order valence-corrected chi connectivity index (χ2v) is 6.16. The molecule has 1 heterocycles. The lowest BCUT2D eigenvalue weighted by atomic mass is 9.93. The Kier molecular flexibility index (Phi) is 6.64. The van der Waals surface area contributed by atoms with Crippen molar-refractivity contribution in [1.29, 1.82) is 0 Å². The Labute approximate surface area is 154 Å². The van der Waals surface area contributed by atoms with Crippen LogP contribution < -0.4 is 11.0 Å². The Morgan fingerprint density at radius 2 is 2.00 bits per heavy atom. The van der Waals surface area contributed by atoms with Crippen LogP contribution in [0.2, 0.25) is 0 Å². The number of likely N-dealkylation sites (N-methyl/N-ethyl adjacent to an activating group) is 1. The van der Waals surface area contributed by atoms with Crippen molar-refractivity contribution < 1.29 is 5.11 Å². The molecule has 0 saturated carbocycles. The molecule has 2 aromatic rings.